The van der Waals surface area contributed by atoms with Crippen LogP contribution >= 0.6 is 38.6 Å². The van der Waals surface area contributed by atoms with E-state index in [0.717, 1.165) is 14.9 Å². The van der Waals surface area contributed by atoms with Gasteiger partial charge in [0.2, 0.25) is 0 Å². The fourth-order valence-corrected chi connectivity index (χ4v) is 3.78. The first kappa shape index (κ1) is 13.7. The van der Waals surface area contributed by atoms with Gasteiger partial charge in [0.1, 0.15) is 6.10 Å². The number of carbonyl (C=O) groups is 1. The summed E-state index contributed by atoms with van der Waals surface area (Å²) in [6.07, 6.45) is -0.641. The second-order valence-electron chi connectivity index (χ2n) is 3.82. The topological polar surface area (TPSA) is 49.3 Å². The van der Waals surface area contributed by atoms with Crippen molar-refractivity contribution in [3.8, 4) is 0 Å². The van der Waals surface area contributed by atoms with Gasteiger partial charge in [-0.25, -0.2) is 0 Å². The van der Waals surface area contributed by atoms with Crippen molar-refractivity contribution >= 4 is 44.5 Å². The Morgan fingerprint density at radius 3 is 2.89 bits per heavy atom. The van der Waals surface area contributed by atoms with Crippen LogP contribution in [-0.2, 0) is 0 Å². The van der Waals surface area contributed by atoms with Crippen LogP contribution in [-0.4, -0.2) is 17.6 Å². The molecule has 2 aromatic rings. The summed E-state index contributed by atoms with van der Waals surface area (Å²) < 4.78 is 0.896. The average Bonchev–Trinajstić information content (AvgIpc) is 2.94. The first-order valence-corrected chi connectivity index (χ1v) is 7.87. The SMILES string of the molecule is Cc1ccsc1[C@@H](O)CNC(=O)c1cc(Br)cs1. The molecule has 0 aliphatic heterocycles. The maximum Gasteiger partial charge on any atom is 0.261 e. The number of amides is 1. The predicted octanol–water partition coefficient (Wildman–Crippen LogP) is 3.34. The second kappa shape index (κ2) is 5.97. The maximum atomic E-state index is 11.8. The quantitative estimate of drug-likeness (QED) is 0.892. The molecule has 3 nitrogen and oxygen atoms in total. The molecule has 0 unspecified atom stereocenters. The average molecular weight is 346 g/mol. The number of hydrogen-bond donors (Lipinski definition) is 2. The molecule has 0 aliphatic carbocycles. The van der Waals surface area contributed by atoms with E-state index < -0.39 is 6.10 Å². The largest absolute Gasteiger partial charge is 0.386 e. The summed E-state index contributed by atoms with van der Waals surface area (Å²) >= 11 is 6.18. The molecule has 6 heteroatoms. The number of aliphatic hydroxyl groups excluding tert-OH is 1. The van der Waals surface area contributed by atoms with Gasteiger partial charge in [0.05, 0.1) is 4.88 Å². The van der Waals surface area contributed by atoms with E-state index in [-0.39, 0.29) is 12.5 Å². The molecule has 96 valence electrons. The van der Waals surface area contributed by atoms with Gasteiger partial charge in [-0.1, -0.05) is 0 Å². The third-order valence-corrected chi connectivity index (χ3v) is 5.26. The van der Waals surface area contributed by atoms with Crippen molar-refractivity contribution in [1.82, 2.24) is 5.32 Å². The van der Waals surface area contributed by atoms with E-state index in [0.29, 0.717) is 4.88 Å². The molecular formula is C12H12BrNO2S2. The molecule has 18 heavy (non-hydrogen) atoms. The summed E-state index contributed by atoms with van der Waals surface area (Å²) in [7, 11) is 0. The number of rotatable bonds is 4. The number of hydrogen-bond acceptors (Lipinski definition) is 4. The van der Waals surface area contributed by atoms with Crippen LogP contribution in [0.15, 0.2) is 27.4 Å². The number of nitrogens with one attached hydrogen (secondary N) is 1. The molecule has 2 rings (SSSR count). The lowest BCUT2D eigenvalue weighted by molar-refractivity contribution is 0.0921. The number of aliphatic hydroxyl groups is 1. The van der Waals surface area contributed by atoms with Crippen LogP contribution in [0.1, 0.15) is 26.2 Å². The van der Waals surface area contributed by atoms with Gasteiger partial charge in [-0.15, -0.1) is 22.7 Å². The molecule has 1 amide bonds. The standard InChI is InChI=1S/C12H12BrNO2S2/c1-7-2-3-17-11(7)9(15)5-14-12(16)10-4-8(13)6-18-10/h2-4,6,9,15H,5H2,1H3,(H,14,16)/t9-/m0/s1. The van der Waals surface area contributed by atoms with Crippen molar-refractivity contribution in [2.75, 3.05) is 6.54 Å². The minimum atomic E-state index is -0.641. The summed E-state index contributed by atoms with van der Waals surface area (Å²) in [4.78, 5) is 13.3. The van der Waals surface area contributed by atoms with Crippen molar-refractivity contribution in [3.63, 3.8) is 0 Å². The molecule has 2 aromatic heterocycles. The fourth-order valence-electron chi connectivity index (χ4n) is 1.53. The maximum absolute atomic E-state index is 11.8. The Balaban J connectivity index is 1.92. The summed E-state index contributed by atoms with van der Waals surface area (Å²) in [6.45, 7) is 2.18. The molecule has 0 bridgehead atoms. The van der Waals surface area contributed by atoms with Crippen LogP contribution < -0.4 is 5.32 Å². The Hall–Kier alpha value is -0.690. The zero-order valence-corrected chi connectivity index (χ0v) is 12.9. The Bertz CT molecular complexity index is 550. The van der Waals surface area contributed by atoms with Crippen LogP contribution in [0.3, 0.4) is 0 Å². The van der Waals surface area contributed by atoms with E-state index in [1.54, 1.807) is 6.07 Å². The van der Waals surface area contributed by atoms with Crippen molar-refractivity contribution in [3.05, 3.63) is 42.7 Å². The Kier molecular flexibility index (Phi) is 4.55. The highest BCUT2D eigenvalue weighted by molar-refractivity contribution is 9.10. The minimum Gasteiger partial charge on any atom is -0.386 e. The molecule has 1 atom stereocenters. The molecule has 2 heterocycles. The van der Waals surface area contributed by atoms with Crippen molar-refractivity contribution < 1.29 is 9.90 Å². The first-order valence-electron chi connectivity index (χ1n) is 5.32. The lowest BCUT2D eigenvalue weighted by atomic mass is 10.2. The number of thiophene rings is 2. The number of halogens is 1. The molecule has 2 N–H and O–H groups in total. The highest BCUT2D eigenvalue weighted by Crippen LogP contribution is 2.23. The van der Waals surface area contributed by atoms with E-state index in [4.69, 9.17) is 0 Å². The molecule has 0 aliphatic rings. The minimum absolute atomic E-state index is 0.154. The summed E-state index contributed by atoms with van der Waals surface area (Å²) in [6, 6.07) is 3.73. The zero-order valence-electron chi connectivity index (χ0n) is 9.64. The normalized spacial score (nSPS) is 12.4. The van der Waals surface area contributed by atoms with Crippen LogP contribution in [0.5, 0.6) is 0 Å². The highest BCUT2D eigenvalue weighted by atomic mass is 79.9. The van der Waals surface area contributed by atoms with E-state index in [1.165, 1.54) is 22.7 Å². The first-order chi connectivity index (χ1) is 8.58. The van der Waals surface area contributed by atoms with Gasteiger partial charge in [-0.2, -0.15) is 0 Å². The van der Waals surface area contributed by atoms with Crippen LogP contribution in [0.2, 0.25) is 0 Å². The third-order valence-electron chi connectivity index (χ3n) is 2.45. The Morgan fingerprint density at radius 2 is 2.33 bits per heavy atom. The number of carbonyl (C=O) groups excluding carboxylic acids is 1. The molecular weight excluding hydrogens is 334 g/mol. The van der Waals surface area contributed by atoms with E-state index in [2.05, 4.69) is 21.2 Å². The Labute approximate surface area is 122 Å². The molecule has 0 aromatic carbocycles. The van der Waals surface area contributed by atoms with Crippen molar-refractivity contribution in [1.29, 1.82) is 0 Å². The Morgan fingerprint density at radius 1 is 1.56 bits per heavy atom. The molecule has 0 spiro atoms. The third kappa shape index (κ3) is 3.20. The molecule has 0 radical (unpaired) electrons. The predicted molar refractivity (Wildman–Crippen MR) is 78.4 cm³/mol. The molecule has 0 fully saturated rings. The van der Waals surface area contributed by atoms with Crippen LogP contribution in [0, 0.1) is 6.92 Å². The van der Waals surface area contributed by atoms with E-state index in [1.807, 2.05) is 23.8 Å². The zero-order chi connectivity index (χ0) is 13.1. The molecule has 0 saturated carbocycles. The van der Waals surface area contributed by atoms with Gasteiger partial charge in [0.25, 0.3) is 5.91 Å². The monoisotopic (exact) mass is 345 g/mol. The lowest BCUT2D eigenvalue weighted by Crippen LogP contribution is -2.27. The van der Waals surface area contributed by atoms with Gasteiger partial charge < -0.3 is 10.4 Å². The molecule has 0 saturated heterocycles. The summed E-state index contributed by atoms with van der Waals surface area (Å²) in [5.74, 6) is -0.154. The van der Waals surface area contributed by atoms with Gasteiger partial charge in [0, 0.05) is 21.3 Å². The second-order valence-corrected chi connectivity index (χ2v) is 6.60. The lowest BCUT2D eigenvalue weighted by Gasteiger charge is -2.10. The summed E-state index contributed by atoms with van der Waals surface area (Å²) in [5, 5.41) is 16.5. The fraction of sp³-hybridized carbons (Fsp3) is 0.250. The van der Waals surface area contributed by atoms with E-state index >= 15 is 0 Å². The van der Waals surface area contributed by atoms with Crippen molar-refractivity contribution in [2.24, 2.45) is 0 Å². The highest BCUT2D eigenvalue weighted by Gasteiger charge is 2.14. The smallest absolute Gasteiger partial charge is 0.261 e. The van der Waals surface area contributed by atoms with Crippen LogP contribution in [0.4, 0.5) is 0 Å². The van der Waals surface area contributed by atoms with Gasteiger partial charge in [0.15, 0.2) is 0 Å². The van der Waals surface area contributed by atoms with Crippen molar-refractivity contribution in [2.45, 2.75) is 13.0 Å². The number of aryl methyl sites for hydroxylation is 1. The summed E-state index contributed by atoms with van der Waals surface area (Å²) in [5.41, 5.74) is 1.06. The van der Waals surface area contributed by atoms with Gasteiger partial charge in [-0.05, 0) is 45.9 Å². The van der Waals surface area contributed by atoms with Gasteiger partial charge >= 0.3 is 0 Å². The van der Waals surface area contributed by atoms with Gasteiger partial charge in [-0.3, -0.25) is 4.79 Å². The van der Waals surface area contributed by atoms with E-state index in [9.17, 15) is 9.90 Å². The van der Waals surface area contributed by atoms with Crippen LogP contribution in [0.25, 0.3) is 0 Å².